The van der Waals surface area contributed by atoms with Crippen LogP contribution in [0, 0.1) is 0 Å². The van der Waals surface area contributed by atoms with Crippen LogP contribution in [0.1, 0.15) is 40.5 Å². The molecule has 1 aliphatic carbocycles. The summed E-state index contributed by atoms with van der Waals surface area (Å²) in [5.74, 6) is -1.25. The molecule has 10 nitrogen and oxygen atoms in total. The zero-order valence-corrected chi connectivity index (χ0v) is 16.8. The number of carbonyl (C=O) groups excluding carboxylic acids is 2. The predicted octanol–water partition coefficient (Wildman–Crippen LogP) is 1.24. The van der Waals surface area contributed by atoms with Gasteiger partial charge in [0.15, 0.2) is 5.54 Å². The molecule has 0 aromatic carbocycles. The number of aromatic nitrogens is 2. The quantitative estimate of drug-likeness (QED) is 0.537. The number of esters is 1. The van der Waals surface area contributed by atoms with Crippen LogP contribution < -0.4 is 10.6 Å². The number of rotatable bonds is 9. The molecule has 1 aliphatic rings. The Bertz CT molecular complexity index is 711. The normalized spacial score (nSPS) is 19.0. The van der Waals surface area contributed by atoms with E-state index in [1.165, 1.54) is 10.9 Å². The lowest BCUT2D eigenvalue weighted by atomic mass is 9.85. The van der Waals surface area contributed by atoms with Crippen LogP contribution in [0.4, 0.5) is 10.5 Å². The van der Waals surface area contributed by atoms with Crippen molar-refractivity contribution in [2.75, 3.05) is 25.0 Å². The zero-order valence-electron chi connectivity index (χ0n) is 16.8. The molecule has 0 aliphatic heterocycles. The van der Waals surface area contributed by atoms with Gasteiger partial charge in [0.1, 0.15) is 0 Å². The molecule has 0 unspecified atom stereocenters. The van der Waals surface area contributed by atoms with Crippen molar-refractivity contribution in [1.29, 1.82) is 0 Å². The summed E-state index contributed by atoms with van der Waals surface area (Å²) in [5, 5.41) is 18.6. The average Bonchev–Trinajstić information content (AvgIpc) is 3.05. The van der Waals surface area contributed by atoms with Crippen LogP contribution in [-0.4, -0.2) is 69.5 Å². The number of hydrogen-bond acceptors (Lipinski definition) is 6. The molecule has 0 atom stereocenters. The van der Waals surface area contributed by atoms with E-state index in [-0.39, 0.29) is 31.3 Å². The Hall–Kier alpha value is -2.62. The minimum absolute atomic E-state index is 0.00105. The van der Waals surface area contributed by atoms with Crippen molar-refractivity contribution >= 4 is 23.7 Å². The minimum atomic E-state index is -0.985. The van der Waals surface area contributed by atoms with E-state index in [0.29, 0.717) is 25.1 Å². The molecule has 1 aromatic heterocycles. The number of anilines is 1. The number of hydrogen-bond donors (Lipinski definition) is 3. The van der Waals surface area contributed by atoms with E-state index >= 15 is 0 Å². The van der Waals surface area contributed by atoms with Crippen LogP contribution in [0.2, 0.25) is 0 Å². The highest BCUT2D eigenvalue weighted by Gasteiger charge is 2.35. The lowest BCUT2D eigenvalue weighted by Crippen LogP contribution is -2.55. The molecule has 1 saturated carbocycles. The maximum absolute atomic E-state index is 12.2. The molecule has 1 aromatic rings. The van der Waals surface area contributed by atoms with Gasteiger partial charge in [-0.2, -0.15) is 5.10 Å². The number of ether oxygens (including phenoxy) is 1. The fraction of sp³-hybridized carbons (Fsp3) is 0.667. The number of carboxylic acid groups (broad SMARTS) is 1. The van der Waals surface area contributed by atoms with Gasteiger partial charge in [-0.15, -0.1) is 0 Å². The van der Waals surface area contributed by atoms with Gasteiger partial charge in [0.05, 0.1) is 25.0 Å². The van der Waals surface area contributed by atoms with E-state index in [1.807, 2.05) is 11.8 Å². The molecule has 0 saturated heterocycles. The van der Waals surface area contributed by atoms with E-state index in [0.717, 1.165) is 0 Å². The molecule has 0 radical (unpaired) electrons. The second kappa shape index (κ2) is 9.05. The number of nitrogens with zero attached hydrogens (tertiary/aromatic N) is 3. The molecular formula is C18H29N5O5. The van der Waals surface area contributed by atoms with Crippen molar-refractivity contribution in [3.8, 4) is 0 Å². The number of aliphatic carboxylic acids is 1. The van der Waals surface area contributed by atoms with E-state index < -0.39 is 17.5 Å². The van der Waals surface area contributed by atoms with Gasteiger partial charge in [-0.25, -0.2) is 9.59 Å². The maximum atomic E-state index is 12.2. The van der Waals surface area contributed by atoms with Crippen LogP contribution in [0.5, 0.6) is 0 Å². The smallest absolute Gasteiger partial charge is 0.333 e. The number of likely N-dealkylation sites (N-methyl/N-ethyl adjacent to an activating group) is 1. The number of urea groups is 1. The molecule has 0 bridgehead atoms. The Labute approximate surface area is 164 Å². The summed E-state index contributed by atoms with van der Waals surface area (Å²) in [6, 6.07) is -0.198. The van der Waals surface area contributed by atoms with Crippen molar-refractivity contribution in [3.05, 3.63) is 12.4 Å². The highest BCUT2D eigenvalue weighted by atomic mass is 16.5. The van der Waals surface area contributed by atoms with Crippen molar-refractivity contribution in [1.82, 2.24) is 20.0 Å². The van der Waals surface area contributed by atoms with E-state index in [1.54, 1.807) is 27.0 Å². The molecular weight excluding hydrogens is 366 g/mol. The Balaban J connectivity index is 1.83. The van der Waals surface area contributed by atoms with Crippen LogP contribution in [0.3, 0.4) is 0 Å². The topological polar surface area (TPSA) is 126 Å². The van der Waals surface area contributed by atoms with Crippen molar-refractivity contribution in [2.45, 2.75) is 58.2 Å². The SMILES string of the molecule is CCOC(=O)C(C)(C)n1cc(NC(=O)NC2CC(N(CC)CC(=O)O)C2)cn1. The molecule has 0 spiro atoms. The third-order valence-electron chi connectivity index (χ3n) is 4.90. The number of amides is 2. The first-order valence-electron chi connectivity index (χ1n) is 9.43. The summed E-state index contributed by atoms with van der Waals surface area (Å²) in [7, 11) is 0. The molecule has 2 amide bonds. The van der Waals surface area contributed by atoms with Gasteiger partial charge in [-0.05, 0) is 40.2 Å². The second-order valence-corrected chi connectivity index (χ2v) is 7.33. The van der Waals surface area contributed by atoms with Gasteiger partial charge < -0.3 is 20.5 Å². The highest BCUT2D eigenvalue weighted by Crippen LogP contribution is 2.25. The first-order valence-corrected chi connectivity index (χ1v) is 9.43. The number of nitrogens with one attached hydrogen (secondary N) is 2. The summed E-state index contributed by atoms with van der Waals surface area (Å²) < 4.78 is 6.50. The monoisotopic (exact) mass is 395 g/mol. The molecule has 2 rings (SSSR count). The molecule has 1 fully saturated rings. The van der Waals surface area contributed by atoms with E-state index in [4.69, 9.17) is 9.84 Å². The van der Waals surface area contributed by atoms with Gasteiger partial charge in [-0.3, -0.25) is 14.4 Å². The maximum Gasteiger partial charge on any atom is 0.333 e. The molecule has 1 heterocycles. The zero-order chi connectivity index (χ0) is 20.9. The fourth-order valence-corrected chi connectivity index (χ4v) is 3.12. The lowest BCUT2D eigenvalue weighted by Gasteiger charge is -2.42. The third kappa shape index (κ3) is 5.22. The Kier molecular flexibility index (Phi) is 7.00. The Morgan fingerprint density at radius 3 is 2.61 bits per heavy atom. The van der Waals surface area contributed by atoms with Gasteiger partial charge >= 0.3 is 18.0 Å². The second-order valence-electron chi connectivity index (χ2n) is 7.33. The van der Waals surface area contributed by atoms with Crippen LogP contribution >= 0.6 is 0 Å². The highest BCUT2D eigenvalue weighted by molar-refractivity contribution is 5.89. The summed E-state index contributed by atoms with van der Waals surface area (Å²) >= 11 is 0. The van der Waals surface area contributed by atoms with Gasteiger partial charge in [0.2, 0.25) is 0 Å². The summed E-state index contributed by atoms with van der Waals surface area (Å²) in [5.41, 5.74) is -0.520. The van der Waals surface area contributed by atoms with Crippen molar-refractivity contribution < 1.29 is 24.2 Å². The van der Waals surface area contributed by atoms with Crippen LogP contribution in [-0.2, 0) is 19.9 Å². The lowest BCUT2D eigenvalue weighted by molar-refractivity contribution is -0.152. The number of carboxylic acids is 1. The first-order chi connectivity index (χ1) is 13.2. The van der Waals surface area contributed by atoms with Gasteiger partial charge in [0.25, 0.3) is 0 Å². The number of carbonyl (C=O) groups is 3. The summed E-state index contributed by atoms with van der Waals surface area (Å²) in [6.45, 7) is 7.98. The standard InChI is InChI=1S/C18H29N5O5/c1-5-22(11-15(24)25)14-7-12(8-14)20-17(27)21-13-9-19-23(10-13)18(3,4)16(26)28-6-2/h9-10,12,14H,5-8,11H2,1-4H3,(H,24,25)(H2,20,21,27). The Morgan fingerprint density at radius 1 is 1.36 bits per heavy atom. The summed E-state index contributed by atoms with van der Waals surface area (Å²) in [4.78, 5) is 37.0. The van der Waals surface area contributed by atoms with E-state index in [2.05, 4.69) is 15.7 Å². The largest absolute Gasteiger partial charge is 0.480 e. The predicted molar refractivity (Wildman–Crippen MR) is 102 cm³/mol. The van der Waals surface area contributed by atoms with E-state index in [9.17, 15) is 14.4 Å². The van der Waals surface area contributed by atoms with Crippen LogP contribution in [0.15, 0.2) is 12.4 Å². The molecule has 3 N–H and O–H groups in total. The summed E-state index contributed by atoms with van der Waals surface area (Å²) in [6.07, 6.45) is 4.47. The van der Waals surface area contributed by atoms with Crippen molar-refractivity contribution in [3.63, 3.8) is 0 Å². The average molecular weight is 395 g/mol. The molecule has 10 heteroatoms. The fourth-order valence-electron chi connectivity index (χ4n) is 3.12. The first kappa shape index (κ1) is 21.7. The van der Waals surface area contributed by atoms with Crippen molar-refractivity contribution in [2.24, 2.45) is 0 Å². The van der Waals surface area contributed by atoms with Gasteiger partial charge in [0, 0.05) is 18.3 Å². The molecule has 156 valence electrons. The van der Waals surface area contributed by atoms with Gasteiger partial charge in [-0.1, -0.05) is 6.92 Å². The Morgan fingerprint density at radius 2 is 2.04 bits per heavy atom. The third-order valence-corrected chi connectivity index (χ3v) is 4.90. The molecule has 28 heavy (non-hydrogen) atoms. The van der Waals surface area contributed by atoms with Crippen LogP contribution in [0.25, 0.3) is 0 Å². The minimum Gasteiger partial charge on any atom is -0.480 e.